The number of rotatable bonds is 4. The van der Waals surface area contributed by atoms with Crippen molar-refractivity contribution in [2.45, 2.75) is 50.6 Å². The van der Waals surface area contributed by atoms with Crippen LogP contribution in [0, 0.1) is 0 Å². The zero-order valence-electron chi connectivity index (χ0n) is 13.4. The molecule has 1 saturated heterocycles. The van der Waals surface area contributed by atoms with Crippen molar-refractivity contribution in [1.29, 1.82) is 0 Å². The predicted molar refractivity (Wildman–Crippen MR) is 94.1 cm³/mol. The Bertz CT molecular complexity index is 765. The van der Waals surface area contributed by atoms with Crippen LogP contribution >= 0.6 is 22.7 Å². The molecule has 0 radical (unpaired) electrons. The Balaban J connectivity index is 1.52. The zero-order chi connectivity index (χ0) is 16.7. The van der Waals surface area contributed by atoms with Gasteiger partial charge in [0.05, 0.1) is 17.2 Å². The number of thiophene rings is 1. The summed E-state index contributed by atoms with van der Waals surface area (Å²) in [5, 5.41) is 7.88. The fraction of sp³-hybridized carbons (Fsp3) is 0.471. The number of thiazole rings is 1. The fourth-order valence-corrected chi connectivity index (χ4v) is 5.31. The highest BCUT2D eigenvalue weighted by Gasteiger charge is 2.49. The van der Waals surface area contributed by atoms with Crippen LogP contribution in [-0.2, 0) is 16.9 Å². The maximum atomic E-state index is 12.8. The van der Waals surface area contributed by atoms with E-state index in [4.69, 9.17) is 0 Å². The van der Waals surface area contributed by atoms with Gasteiger partial charge in [-0.1, -0.05) is 18.9 Å². The van der Waals surface area contributed by atoms with E-state index in [2.05, 4.69) is 10.3 Å². The van der Waals surface area contributed by atoms with E-state index in [1.54, 1.807) is 18.3 Å². The second kappa shape index (κ2) is 5.97. The topological polar surface area (TPSA) is 62.3 Å². The maximum Gasteiger partial charge on any atom is 0.325 e. The smallest absolute Gasteiger partial charge is 0.319 e. The molecule has 1 aliphatic heterocycles. The molecule has 1 N–H and O–H groups in total. The first-order valence-corrected chi connectivity index (χ1v) is 9.96. The molecule has 24 heavy (non-hydrogen) atoms. The lowest BCUT2D eigenvalue weighted by Crippen LogP contribution is -2.40. The molecule has 1 aliphatic carbocycles. The van der Waals surface area contributed by atoms with Crippen molar-refractivity contribution in [2.75, 3.05) is 0 Å². The van der Waals surface area contributed by atoms with Gasteiger partial charge in [0.15, 0.2) is 5.54 Å². The third-order valence-electron chi connectivity index (χ3n) is 4.88. The average Bonchev–Trinajstić information content (AvgIpc) is 3.34. The molecule has 3 amide bonds. The Kier molecular flexibility index (Phi) is 3.92. The van der Waals surface area contributed by atoms with Crippen LogP contribution in [-0.4, -0.2) is 21.8 Å². The minimum atomic E-state index is -0.963. The maximum absolute atomic E-state index is 12.8. The molecule has 2 fully saturated rings. The van der Waals surface area contributed by atoms with Gasteiger partial charge in [0.1, 0.15) is 0 Å². The third-order valence-corrected chi connectivity index (χ3v) is 7.03. The van der Waals surface area contributed by atoms with Gasteiger partial charge in [-0.25, -0.2) is 9.78 Å². The summed E-state index contributed by atoms with van der Waals surface area (Å²) in [6, 6.07) is 3.43. The van der Waals surface area contributed by atoms with Crippen LogP contribution in [0.3, 0.4) is 0 Å². The lowest BCUT2D eigenvalue weighted by atomic mass is 10.0. The van der Waals surface area contributed by atoms with Crippen LogP contribution in [0.5, 0.6) is 0 Å². The Morgan fingerprint density at radius 1 is 1.33 bits per heavy atom. The van der Waals surface area contributed by atoms with Crippen molar-refractivity contribution in [2.24, 2.45) is 0 Å². The highest BCUT2D eigenvalue weighted by atomic mass is 32.1. The Hall–Kier alpha value is -1.73. The highest BCUT2D eigenvalue weighted by molar-refractivity contribution is 7.10. The molecule has 1 unspecified atom stereocenters. The first kappa shape index (κ1) is 15.8. The van der Waals surface area contributed by atoms with Crippen molar-refractivity contribution in [3.05, 3.63) is 38.5 Å². The lowest BCUT2D eigenvalue weighted by Gasteiger charge is -2.19. The molecule has 4 rings (SSSR count). The average molecular weight is 361 g/mol. The summed E-state index contributed by atoms with van der Waals surface area (Å²) in [6.07, 6.45) is 4.94. The second-order valence-corrected chi connectivity index (χ2v) is 8.42. The summed E-state index contributed by atoms with van der Waals surface area (Å²) >= 11 is 3.13. The molecule has 7 heteroatoms. The minimum Gasteiger partial charge on any atom is -0.319 e. The number of amides is 3. The molecule has 5 nitrogen and oxygen atoms in total. The van der Waals surface area contributed by atoms with Crippen LogP contribution in [0.25, 0.3) is 0 Å². The quantitative estimate of drug-likeness (QED) is 0.842. The minimum absolute atomic E-state index is 0.203. The molecule has 2 aromatic heterocycles. The highest BCUT2D eigenvalue weighted by Crippen LogP contribution is 2.36. The number of carbonyl (C=O) groups is 2. The van der Waals surface area contributed by atoms with Crippen LogP contribution in [0.2, 0.25) is 0 Å². The van der Waals surface area contributed by atoms with Gasteiger partial charge < -0.3 is 5.32 Å². The van der Waals surface area contributed by atoms with Crippen molar-refractivity contribution in [3.8, 4) is 0 Å². The van der Waals surface area contributed by atoms with E-state index in [1.165, 1.54) is 41.9 Å². The zero-order valence-corrected chi connectivity index (χ0v) is 15.1. The number of carbonyl (C=O) groups excluding carboxylic acids is 2. The van der Waals surface area contributed by atoms with Gasteiger partial charge in [-0.15, -0.1) is 22.7 Å². The molecule has 1 atom stereocenters. The third kappa shape index (κ3) is 2.56. The monoisotopic (exact) mass is 361 g/mol. The number of aromatic nitrogens is 1. The fourth-order valence-electron chi connectivity index (χ4n) is 3.49. The summed E-state index contributed by atoms with van der Waals surface area (Å²) in [4.78, 5) is 32.0. The van der Waals surface area contributed by atoms with Crippen molar-refractivity contribution in [1.82, 2.24) is 15.2 Å². The number of hydrogen-bond acceptors (Lipinski definition) is 5. The van der Waals surface area contributed by atoms with Crippen LogP contribution < -0.4 is 5.32 Å². The Morgan fingerprint density at radius 3 is 2.83 bits per heavy atom. The van der Waals surface area contributed by atoms with Crippen molar-refractivity contribution in [3.63, 3.8) is 0 Å². The Morgan fingerprint density at radius 2 is 2.12 bits per heavy atom. The number of nitrogens with one attached hydrogen (secondary N) is 1. The van der Waals surface area contributed by atoms with Crippen LogP contribution in [0.15, 0.2) is 22.9 Å². The summed E-state index contributed by atoms with van der Waals surface area (Å²) < 4.78 is 0. The van der Waals surface area contributed by atoms with Gasteiger partial charge in [0, 0.05) is 16.2 Å². The molecular weight excluding hydrogens is 342 g/mol. The first-order chi connectivity index (χ1) is 11.6. The summed E-state index contributed by atoms with van der Waals surface area (Å²) in [5.41, 5.74) is -0.156. The van der Waals surface area contributed by atoms with E-state index in [-0.39, 0.29) is 18.5 Å². The number of nitrogens with zero attached hydrogens (tertiary/aromatic N) is 2. The van der Waals surface area contributed by atoms with Gasteiger partial charge >= 0.3 is 6.03 Å². The molecule has 3 heterocycles. The summed E-state index contributed by atoms with van der Waals surface area (Å²) in [7, 11) is 0. The van der Waals surface area contributed by atoms with Crippen molar-refractivity contribution >= 4 is 34.6 Å². The van der Waals surface area contributed by atoms with Crippen molar-refractivity contribution < 1.29 is 9.59 Å². The van der Waals surface area contributed by atoms with Gasteiger partial charge in [0.2, 0.25) is 0 Å². The molecule has 2 aliphatic rings. The molecule has 2 aromatic rings. The van der Waals surface area contributed by atoms with E-state index in [1.807, 2.05) is 22.9 Å². The van der Waals surface area contributed by atoms with E-state index in [0.29, 0.717) is 5.92 Å². The SMILES string of the molecule is CC1(c2cccs2)NC(=O)N(Cc2csc(C3CCCC3)n2)C1=O. The summed E-state index contributed by atoms with van der Waals surface area (Å²) in [6.45, 7) is 2.01. The number of urea groups is 1. The Labute approximate surface area is 148 Å². The molecular formula is C17H19N3O2S2. The molecule has 0 aromatic carbocycles. The standard InChI is InChI=1S/C17H19N3O2S2/c1-17(13-7-4-8-23-13)15(21)20(16(22)19-17)9-12-10-24-14(18-12)11-5-2-3-6-11/h4,7-8,10-11H,2-3,5-6,9H2,1H3,(H,19,22). The molecule has 0 bridgehead atoms. The molecule has 126 valence electrons. The molecule has 0 spiro atoms. The summed E-state index contributed by atoms with van der Waals surface area (Å²) in [5.74, 6) is 0.355. The van der Waals surface area contributed by atoms with Gasteiger partial charge in [0.25, 0.3) is 5.91 Å². The predicted octanol–water partition coefficient (Wildman–Crippen LogP) is 3.83. The lowest BCUT2D eigenvalue weighted by molar-refractivity contribution is -0.131. The van der Waals surface area contributed by atoms with E-state index >= 15 is 0 Å². The van der Waals surface area contributed by atoms with Gasteiger partial charge in [-0.05, 0) is 31.2 Å². The van der Waals surface area contributed by atoms with E-state index in [9.17, 15) is 9.59 Å². The largest absolute Gasteiger partial charge is 0.325 e. The van der Waals surface area contributed by atoms with E-state index in [0.717, 1.165) is 15.6 Å². The van der Waals surface area contributed by atoms with Crippen LogP contribution in [0.1, 0.15) is 54.1 Å². The first-order valence-electron chi connectivity index (χ1n) is 8.20. The normalized spacial score (nSPS) is 24.8. The van der Waals surface area contributed by atoms with Gasteiger partial charge in [-0.2, -0.15) is 0 Å². The number of hydrogen-bond donors (Lipinski definition) is 1. The van der Waals surface area contributed by atoms with E-state index < -0.39 is 5.54 Å². The number of imide groups is 1. The second-order valence-electron chi connectivity index (χ2n) is 6.58. The molecule has 1 saturated carbocycles. The van der Waals surface area contributed by atoms with Crippen LogP contribution in [0.4, 0.5) is 4.79 Å². The van der Waals surface area contributed by atoms with Gasteiger partial charge in [-0.3, -0.25) is 9.69 Å².